The smallest absolute Gasteiger partial charge is 0.322 e. The normalized spacial score (nSPS) is 13.5. The highest BCUT2D eigenvalue weighted by atomic mass is 19.1. The maximum absolute atomic E-state index is 14.2. The zero-order valence-corrected chi connectivity index (χ0v) is 12.0. The summed E-state index contributed by atoms with van der Waals surface area (Å²) in [6.45, 7) is 0. The SMILES string of the molecule is O=C(ON1C(=O)c2ccccc2C1=O)c1nc2ccccn2c1F. The van der Waals surface area contributed by atoms with Crippen LogP contribution in [0.5, 0.6) is 0 Å². The van der Waals surface area contributed by atoms with E-state index in [1.807, 2.05) is 0 Å². The number of halogens is 1. The second-order valence-corrected chi connectivity index (χ2v) is 5.01. The largest absolute Gasteiger partial charge is 0.386 e. The summed E-state index contributed by atoms with van der Waals surface area (Å²) in [5.41, 5.74) is -0.182. The van der Waals surface area contributed by atoms with Crippen molar-refractivity contribution in [2.45, 2.75) is 0 Å². The van der Waals surface area contributed by atoms with Gasteiger partial charge in [-0.05, 0) is 24.3 Å². The van der Waals surface area contributed by atoms with Crippen molar-refractivity contribution in [3.63, 3.8) is 0 Å². The Morgan fingerprint density at radius 2 is 1.62 bits per heavy atom. The van der Waals surface area contributed by atoms with E-state index >= 15 is 0 Å². The van der Waals surface area contributed by atoms with E-state index in [1.54, 1.807) is 24.3 Å². The van der Waals surface area contributed by atoms with Crippen molar-refractivity contribution < 1.29 is 23.6 Å². The lowest BCUT2D eigenvalue weighted by molar-refractivity contribution is -0.0591. The minimum Gasteiger partial charge on any atom is -0.322 e. The van der Waals surface area contributed by atoms with Gasteiger partial charge in [-0.25, -0.2) is 9.78 Å². The summed E-state index contributed by atoms with van der Waals surface area (Å²) >= 11 is 0. The van der Waals surface area contributed by atoms with Gasteiger partial charge in [-0.1, -0.05) is 23.3 Å². The van der Waals surface area contributed by atoms with Gasteiger partial charge in [0.25, 0.3) is 11.8 Å². The molecule has 0 N–H and O–H groups in total. The molecule has 118 valence electrons. The zero-order chi connectivity index (χ0) is 16.8. The lowest BCUT2D eigenvalue weighted by Crippen LogP contribution is -2.33. The third-order valence-electron chi connectivity index (χ3n) is 3.60. The van der Waals surface area contributed by atoms with E-state index in [0.717, 1.165) is 4.40 Å². The number of benzene rings is 1. The second-order valence-electron chi connectivity index (χ2n) is 5.01. The van der Waals surface area contributed by atoms with Crippen molar-refractivity contribution in [2.24, 2.45) is 0 Å². The van der Waals surface area contributed by atoms with Crippen LogP contribution in [0.15, 0.2) is 48.7 Å². The summed E-state index contributed by atoms with van der Waals surface area (Å²) in [4.78, 5) is 45.0. The number of aromatic nitrogens is 2. The summed E-state index contributed by atoms with van der Waals surface area (Å²) in [6, 6.07) is 10.7. The summed E-state index contributed by atoms with van der Waals surface area (Å²) in [5, 5.41) is 0.316. The van der Waals surface area contributed by atoms with Gasteiger partial charge in [0.1, 0.15) is 5.65 Å². The molecule has 2 aromatic heterocycles. The quantitative estimate of drug-likeness (QED) is 0.672. The Kier molecular flexibility index (Phi) is 2.92. The molecule has 0 spiro atoms. The molecule has 0 unspecified atom stereocenters. The molecule has 2 amide bonds. The Morgan fingerprint density at radius 1 is 1.00 bits per heavy atom. The minimum atomic E-state index is -1.23. The number of imidazole rings is 1. The molecule has 0 aliphatic carbocycles. The lowest BCUT2D eigenvalue weighted by atomic mass is 10.1. The molecule has 1 aliphatic heterocycles. The van der Waals surface area contributed by atoms with E-state index in [0.29, 0.717) is 5.06 Å². The predicted molar refractivity (Wildman–Crippen MR) is 77.5 cm³/mol. The first kappa shape index (κ1) is 14.1. The molecule has 1 aliphatic rings. The maximum atomic E-state index is 14.2. The minimum absolute atomic E-state index is 0.116. The molecule has 0 saturated heterocycles. The third-order valence-corrected chi connectivity index (χ3v) is 3.60. The molecule has 0 radical (unpaired) electrons. The molecule has 0 atom stereocenters. The van der Waals surface area contributed by atoms with Crippen LogP contribution in [0.4, 0.5) is 4.39 Å². The van der Waals surface area contributed by atoms with Crippen molar-refractivity contribution in [3.05, 3.63) is 71.4 Å². The highest BCUT2D eigenvalue weighted by Gasteiger charge is 2.39. The number of imide groups is 1. The maximum Gasteiger partial charge on any atom is 0.386 e. The van der Waals surface area contributed by atoms with Gasteiger partial charge in [0, 0.05) is 6.20 Å². The summed E-state index contributed by atoms with van der Waals surface area (Å²) < 4.78 is 15.3. The Balaban J connectivity index is 1.66. The first-order valence-corrected chi connectivity index (χ1v) is 6.90. The average Bonchev–Trinajstić information content (AvgIpc) is 3.06. The fourth-order valence-electron chi connectivity index (χ4n) is 2.47. The van der Waals surface area contributed by atoms with E-state index in [4.69, 9.17) is 4.84 Å². The number of rotatable bonds is 2. The third kappa shape index (κ3) is 1.89. The van der Waals surface area contributed by atoms with Gasteiger partial charge in [0.15, 0.2) is 0 Å². The van der Waals surface area contributed by atoms with Crippen LogP contribution in [0.3, 0.4) is 0 Å². The van der Waals surface area contributed by atoms with Crippen molar-refractivity contribution >= 4 is 23.4 Å². The fourth-order valence-corrected chi connectivity index (χ4v) is 2.47. The van der Waals surface area contributed by atoms with Crippen LogP contribution in [0.1, 0.15) is 31.2 Å². The van der Waals surface area contributed by atoms with Gasteiger partial charge in [0.2, 0.25) is 11.6 Å². The van der Waals surface area contributed by atoms with E-state index in [9.17, 15) is 18.8 Å². The van der Waals surface area contributed by atoms with Gasteiger partial charge in [0.05, 0.1) is 11.1 Å². The van der Waals surface area contributed by atoms with E-state index in [-0.39, 0.29) is 16.8 Å². The molecule has 24 heavy (non-hydrogen) atoms. The van der Waals surface area contributed by atoms with Crippen LogP contribution in [-0.4, -0.2) is 32.2 Å². The topological polar surface area (TPSA) is 81.0 Å². The van der Waals surface area contributed by atoms with Gasteiger partial charge < -0.3 is 4.84 Å². The van der Waals surface area contributed by atoms with E-state index < -0.39 is 29.4 Å². The molecule has 0 saturated carbocycles. The number of carbonyl (C=O) groups is 3. The van der Waals surface area contributed by atoms with Crippen molar-refractivity contribution in [3.8, 4) is 0 Å². The molecular formula is C16H8FN3O4. The van der Waals surface area contributed by atoms with Gasteiger partial charge >= 0.3 is 5.97 Å². The molecular weight excluding hydrogens is 317 g/mol. The first-order valence-electron chi connectivity index (χ1n) is 6.90. The molecule has 7 nitrogen and oxygen atoms in total. The average molecular weight is 325 g/mol. The molecule has 4 rings (SSSR count). The van der Waals surface area contributed by atoms with Crippen molar-refractivity contribution in [2.75, 3.05) is 0 Å². The van der Waals surface area contributed by atoms with Crippen LogP contribution in [0.2, 0.25) is 0 Å². The Labute approximate surface area is 133 Å². The van der Waals surface area contributed by atoms with Gasteiger partial charge in [-0.3, -0.25) is 14.0 Å². The fraction of sp³-hybridized carbons (Fsp3) is 0. The molecule has 0 fully saturated rings. The number of fused-ring (bicyclic) bond motifs is 2. The summed E-state index contributed by atoms with van der Waals surface area (Å²) in [6.07, 6.45) is 1.39. The summed E-state index contributed by atoms with van der Waals surface area (Å²) in [7, 11) is 0. The Bertz CT molecular complexity index is 992. The number of hydrogen-bond acceptors (Lipinski definition) is 5. The second kappa shape index (κ2) is 4.98. The highest BCUT2D eigenvalue weighted by molar-refractivity contribution is 6.21. The predicted octanol–water partition coefficient (Wildman–Crippen LogP) is 1.84. The summed E-state index contributed by atoms with van der Waals surface area (Å²) in [5.74, 6) is -3.74. The number of nitrogens with zero attached hydrogens (tertiary/aromatic N) is 3. The number of pyridine rings is 1. The van der Waals surface area contributed by atoms with Crippen LogP contribution in [-0.2, 0) is 4.84 Å². The number of carbonyl (C=O) groups excluding carboxylic acids is 3. The molecule has 8 heteroatoms. The Hall–Kier alpha value is -3.55. The zero-order valence-electron chi connectivity index (χ0n) is 12.0. The van der Waals surface area contributed by atoms with E-state index in [2.05, 4.69) is 4.98 Å². The van der Waals surface area contributed by atoms with Crippen molar-refractivity contribution in [1.82, 2.24) is 14.4 Å². The van der Waals surface area contributed by atoms with Crippen LogP contribution in [0, 0.1) is 5.95 Å². The van der Waals surface area contributed by atoms with Crippen LogP contribution < -0.4 is 0 Å². The van der Waals surface area contributed by atoms with Gasteiger partial charge in [-0.15, -0.1) is 0 Å². The van der Waals surface area contributed by atoms with Crippen molar-refractivity contribution in [1.29, 1.82) is 0 Å². The van der Waals surface area contributed by atoms with Crippen LogP contribution in [0.25, 0.3) is 5.65 Å². The van der Waals surface area contributed by atoms with Crippen LogP contribution >= 0.6 is 0 Å². The van der Waals surface area contributed by atoms with E-state index in [1.165, 1.54) is 24.4 Å². The molecule has 3 heterocycles. The monoisotopic (exact) mass is 325 g/mol. The molecule has 3 aromatic rings. The standard InChI is InChI=1S/C16H8FN3O4/c17-13-12(18-11-7-3-4-8-19(11)13)16(23)24-20-14(21)9-5-1-2-6-10(9)15(20)22/h1-8H. The lowest BCUT2D eigenvalue weighted by Gasteiger charge is -2.11. The molecule has 1 aromatic carbocycles. The number of hydrogen-bond donors (Lipinski definition) is 0. The Morgan fingerprint density at radius 3 is 2.25 bits per heavy atom. The highest BCUT2D eigenvalue weighted by Crippen LogP contribution is 2.23. The number of amides is 2. The number of hydroxylamine groups is 2. The first-order chi connectivity index (χ1) is 11.6. The van der Waals surface area contributed by atoms with Gasteiger partial charge in [-0.2, -0.15) is 4.39 Å². The molecule has 0 bridgehead atoms.